The Balaban J connectivity index is 5.17. The average Bonchev–Trinajstić information content (AvgIpc) is 2.60. The second kappa shape index (κ2) is 15.1. The molecule has 0 fully saturated rings. The first-order valence-electron chi connectivity index (χ1n) is 13.1. The SMILES string of the molecule is C[Si](C)(C)CCOCC(COCC[Si](C)(C)C)(COCC[Si](C)(C)C)COCC[Si](C)(C)C. The number of hydrogen-bond acceptors (Lipinski definition) is 4. The lowest BCUT2D eigenvalue weighted by atomic mass is 9.92. The van der Waals surface area contributed by atoms with Gasteiger partial charge in [0.05, 0.1) is 31.8 Å². The minimum atomic E-state index is -1.12. The lowest BCUT2D eigenvalue weighted by molar-refractivity contribution is -0.101. The molecule has 0 unspecified atom stereocenters. The molecule has 33 heavy (non-hydrogen) atoms. The van der Waals surface area contributed by atoms with Crippen molar-refractivity contribution >= 4 is 32.3 Å². The second-order valence-corrected chi connectivity index (χ2v) is 37.4. The summed E-state index contributed by atoms with van der Waals surface area (Å²) in [6.07, 6.45) is 0. The monoisotopic (exact) mass is 536 g/mol. The van der Waals surface area contributed by atoms with Gasteiger partial charge in [-0.25, -0.2) is 0 Å². The van der Waals surface area contributed by atoms with E-state index in [0.29, 0.717) is 26.4 Å². The van der Waals surface area contributed by atoms with Gasteiger partial charge < -0.3 is 18.9 Å². The fraction of sp³-hybridized carbons (Fsp3) is 1.00. The highest BCUT2D eigenvalue weighted by atomic mass is 28.3. The smallest absolute Gasteiger partial charge is 0.0637 e. The van der Waals surface area contributed by atoms with Crippen LogP contribution in [0.25, 0.3) is 0 Å². The Kier molecular flexibility index (Phi) is 15.4. The summed E-state index contributed by atoms with van der Waals surface area (Å²) in [5.41, 5.74) is -0.224. The van der Waals surface area contributed by atoms with Crippen LogP contribution in [-0.2, 0) is 18.9 Å². The summed E-state index contributed by atoms with van der Waals surface area (Å²) in [4.78, 5) is 0. The predicted molar refractivity (Wildman–Crippen MR) is 158 cm³/mol. The van der Waals surface area contributed by atoms with Crippen LogP contribution in [0.5, 0.6) is 0 Å². The summed E-state index contributed by atoms with van der Waals surface area (Å²) in [7, 11) is -4.46. The molecule has 0 rings (SSSR count). The molecule has 0 aromatic heterocycles. The standard InChI is InChI=1S/C25H60O4Si4/c1-30(2,3)17-13-26-21-25(22-27-14-18-31(4,5)6,23-28-15-19-32(7,8)9)24-29-16-20-33(10,11)12/h13-24H2,1-12H3. The van der Waals surface area contributed by atoms with Crippen LogP contribution in [0.4, 0.5) is 0 Å². The first-order chi connectivity index (χ1) is 14.8. The predicted octanol–water partition coefficient (Wildman–Crippen LogP) is 7.39. The number of hydrogen-bond donors (Lipinski definition) is 0. The molecule has 0 heterocycles. The van der Waals surface area contributed by atoms with Gasteiger partial charge in [0.15, 0.2) is 0 Å². The van der Waals surface area contributed by atoms with Crippen molar-refractivity contribution in [2.75, 3.05) is 52.9 Å². The Morgan fingerprint density at radius 1 is 0.364 bits per heavy atom. The molecule has 0 aromatic carbocycles. The van der Waals surface area contributed by atoms with Gasteiger partial charge in [-0.15, -0.1) is 0 Å². The molecule has 200 valence electrons. The zero-order valence-electron chi connectivity index (χ0n) is 24.6. The van der Waals surface area contributed by atoms with Crippen molar-refractivity contribution in [2.45, 2.75) is 103 Å². The van der Waals surface area contributed by atoms with E-state index in [1.165, 1.54) is 24.2 Å². The van der Waals surface area contributed by atoms with E-state index >= 15 is 0 Å². The van der Waals surface area contributed by atoms with Crippen LogP contribution in [0, 0.1) is 5.41 Å². The van der Waals surface area contributed by atoms with Crippen LogP contribution in [0.2, 0.25) is 103 Å². The van der Waals surface area contributed by atoms with E-state index in [2.05, 4.69) is 78.6 Å². The minimum absolute atomic E-state index is 0.224. The molecule has 0 aromatic rings. The van der Waals surface area contributed by atoms with Gasteiger partial charge in [0.25, 0.3) is 0 Å². The van der Waals surface area contributed by atoms with E-state index in [1.54, 1.807) is 0 Å². The van der Waals surface area contributed by atoms with Crippen LogP contribution in [-0.4, -0.2) is 85.2 Å². The summed E-state index contributed by atoms with van der Waals surface area (Å²) in [5, 5.41) is 0. The quantitative estimate of drug-likeness (QED) is 0.120. The van der Waals surface area contributed by atoms with E-state index in [1.807, 2.05) is 0 Å². The fourth-order valence-corrected chi connectivity index (χ4v) is 5.94. The summed E-state index contributed by atoms with van der Waals surface area (Å²) in [5.74, 6) is 0. The Bertz CT molecular complexity index is 409. The molecule has 0 bridgehead atoms. The largest absolute Gasteiger partial charge is 0.381 e. The first-order valence-corrected chi connectivity index (χ1v) is 28.0. The molecular formula is C25H60O4Si4. The Labute approximate surface area is 211 Å². The molecule has 0 N–H and O–H groups in total. The van der Waals surface area contributed by atoms with Crippen molar-refractivity contribution in [1.29, 1.82) is 0 Å². The van der Waals surface area contributed by atoms with Crippen molar-refractivity contribution in [1.82, 2.24) is 0 Å². The number of ether oxygens (including phenoxy) is 4. The fourth-order valence-electron chi connectivity index (χ4n) is 2.92. The van der Waals surface area contributed by atoms with Crippen molar-refractivity contribution in [3.8, 4) is 0 Å². The van der Waals surface area contributed by atoms with Crippen molar-refractivity contribution in [2.24, 2.45) is 5.41 Å². The van der Waals surface area contributed by atoms with Gasteiger partial charge in [0.2, 0.25) is 0 Å². The highest BCUT2D eigenvalue weighted by Crippen LogP contribution is 2.24. The lowest BCUT2D eigenvalue weighted by Gasteiger charge is -2.34. The van der Waals surface area contributed by atoms with E-state index in [4.69, 9.17) is 18.9 Å². The van der Waals surface area contributed by atoms with E-state index < -0.39 is 32.3 Å². The Morgan fingerprint density at radius 2 is 0.545 bits per heavy atom. The second-order valence-electron chi connectivity index (χ2n) is 15.0. The van der Waals surface area contributed by atoms with Crippen LogP contribution in [0.1, 0.15) is 0 Å². The number of rotatable bonds is 20. The van der Waals surface area contributed by atoms with Crippen LogP contribution < -0.4 is 0 Å². The maximum Gasteiger partial charge on any atom is 0.0637 e. The van der Waals surface area contributed by atoms with Crippen LogP contribution in [0.15, 0.2) is 0 Å². The summed E-state index contributed by atoms with van der Waals surface area (Å²) in [6.45, 7) is 34.8. The lowest BCUT2D eigenvalue weighted by Crippen LogP contribution is -2.43. The van der Waals surface area contributed by atoms with Gasteiger partial charge in [-0.3, -0.25) is 0 Å². The molecule has 0 saturated carbocycles. The summed E-state index contributed by atoms with van der Waals surface area (Å²) >= 11 is 0. The Hall–Kier alpha value is 0.708. The van der Waals surface area contributed by atoms with Crippen molar-refractivity contribution in [3.05, 3.63) is 0 Å². The zero-order chi connectivity index (χ0) is 25.8. The highest BCUT2D eigenvalue weighted by molar-refractivity contribution is 6.77. The average molecular weight is 537 g/mol. The Morgan fingerprint density at radius 3 is 0.697 bits per heavy atom. The molecule has 0 radical (unpaired) electrons. The van der Waals surface area contributed by atoms with Crippen LogP contribution >= 0.6 is 0 Å². The third-order valence-electron chi connectivity index (χ3n) is 5.62. The van der Waals surface area contributed by atoms with Gasteiger partial charge in [-0.1, -0.05) is 78.6 Å². The summed E-state index contributed by atoms with van der Waals surface area (Å²) in [6, 6.07) is 4.75. The van der Waals surface area contributed by atoms with Gasteiger partial charge in [-0.05, 0) is 24.2 Å². The van der Waals surface area contributed by atoms with Crippen LogP contribution in [0.3, 0.4) is 0 Å². The maximum absolute atomic E-state index is 6.29. The molecule has 0 saturated heterocycles. The first kappa shape index (κ1) is 33.7. The molecule has 4 nitrogen and oxygen atoms in total. The third-order valence-corrected chi connectivity index (χ3v) is 12.4. The minimum Gasteiger partial charge on any atom is -0.381 e. The maximum atomic E-state index is 6.29. The molecular weight excluding hydrogens is 477 g/mol. The highest BCUT2D eigenvalue weighted by Gasteiger charge is 2.33. The molecule has 0 atom stereocenters. The van der Waals surface area contributed by atoms with Gasteiger partial charge in [0, 0.05) is 58.7 Å². The van der Waals surface area contributed by atoms with Gasteiger partial charge >= 0.3 is 0 Å². The van der Waals surface area contributed by atoms with Gasteiger partial charge in [0.1, 0.15) is 0 Å². The molecule has 0 spiro atoms. The van der Waals surface area contributed by atoms with Gasteiger partial charge in [-0.2, -0.15) is 0 Å². The van der Waals surface area contributed by atoms with E-state index in [-0.39, 0.29) is 5.41 Å². The summed E-state index contributed by atoms with van der Waals surface area (Å²) < 4.78 is 25.2. The molecule has 0 aliphatic rings. The van der Waals surface area contributed by atoms with Crippen molar-refractivity contribution in [3.63, 3.8) is 0 Å². The molecule has 0 aliphatic carbocycles. The van der Waals surface area contributed by atoms with E-state index in [0.717, 1.165) is 26.4 Å². The van der Waals surface area contributed by atoms with E-state index in [9.17, 15) is 0 Å². The molecule has 8 heteroatoms. The zero-order valence-corrected chi connectivity index (χ0v) is 28.6. The topological polar surface area (TPSA) is 36.9 Å². The molecule has 0 aliphatic heterocycles. The normalized spacial score (nSPS) is 14.2. The third kappa shape index (κ3) is 22.9. The van der Waals surface area contributed by atoms with Crippen molar-refractivity contribution < 1.29 is 18.9 Å². The molecule has 0 amide bonds.